The molecule has 2 rings (SSSR count). The number of aromatic carboxylic acids is 1. The Morgan fingerprint density at radius 1 is 1.04 bits per heavy atom. The number of anilines is 2. The average molecular weight is 314 g/mol. The first-order valence-corrected chi connectivity index (χ1v) is 6.61. The standard InChI is InChI=1S/C16H14N2O5/c17-12-5-1-4-11(7-12)16(22)23-9-14(19)18-13-6-2-3-10(8-13)15(20)21/h1-8H,9,17H2,(H,18,19)(H,20,21). The Balaban J connectivity index is 1.91. The highest BCUT2D eigenvalue weighted by Crippen LogP contribution is 2.11. The van der Waals surface area contributed by atoms with E-state index in [1.807, 2.05) is 0 Å². The molecule has 118 valence electrons. The zero-order valence-corrected chi connectivity index (χ0v) is 12.0. The predicted molar refractivity (Wildman–Crippen MR) is 83.2 cm³/mol. The highest BCUT2D eigenvalue weighted by molar-refractivity contribution is 5.97. The fourth-order valence-corrected chi connectivity index (χ4v) is 1.81. The van der Waals surface area contributed by atoms with Crippen LogP contribution in [0.5, 0.6) is 0 Å². The fraction of sp³-hybridized carbons (Fsp3) is 0.0625. The number of amides is 1. The highest BCUT2D eigenvalue weighted by atomic mass is 16.5. The lowest BCUT2D eigenvalue weighted by Gasteiger charge is -2.07. The van der Waals surface area contributed by atoms with Crippen molar-refractivity contribution in [1.29, 1.82) is 0 Å². The van der Waals surface area contributed by atoms with Crippen LogP contribution in [0.15, 0.2) is 48.5 Å². The van der Waals surface area contributed by atoms with E-state index in [1.165, 1.54) is 36.4 Å². The number of ether oxygens (including phenoxy) is 1. The molecule has 0 atom stereocenters. The Bertz CT molecular complexity index is 758. The molecule has 0 radical (unpaired) electrons. The summed E-state index contributed by atoms with van der Waals surface area (Å²) < 4.78 is 4.87. The van der Waals surface area contributed by atoms with Crippen LogP contribution in [-0.2, 0) is 9.53 Å². The summed E-state index contributed by atoms with van der Waals surface area (Å²) in [6.07, 6.45) is 0. The highest BCUT2D eigenvalue weighted by Gasteiger charge is 2.11. The Labute approximate surface area is 131 Å². The lowest BCUT2D eigenvalue weighted by atomic mass is 10.2. The maximum Gasteiger partial charge on any atom is 0.338 e. The molecule has 0 aliphatic heterocycles. The van der Waals surface area contributed by atoms with Crippen molar-refractivity contribution in [2.24, 2.45) is 0 Å². The smallest absolute Gasteiger partial charge is 0.338 e. The number of nitrogen functional groups attached to an aromatic ring is 1. The van der Waals surface area contributed by atoms with Gasteiger partial charge < -0.3 is 20.9 Å². The second kappa shape index (κ2) is 7.08. The SMILES string of the molecule is Nc1cccc(C(=O)OCC(=O)Nc2cccc(C(=O)O)c2)c1. The number of hydrogen-bond acceptors (Lipinski definition) is 5. The molecule has 7 nitrogen and oxygen atoms in total. The van der Waals surface area contributed by atoms with Crippen LogP contribution in [0.25, 0.3) is 0 Å². The quantitative estimate of drug-likeness (QED) is 0.571. The van der Waals surface area contributed by atoms with Crippen LogP contribution < -0.4 is 11.1 Å². The largest absolute Gasteiger partial charge is 0.478 e. The molecule has 0 unspecified atom stereocenters. The maximum absolute atomic E-state index is 11.8. The first kappa shape index (κ1) is 16.0. The van der Waals surface area contributed by atoms with E-state index in [4.69, 9.17) is 15.6 Å². The molecule has 0 saturated heterocycles. The zero-order valence-electron chi connectivity index (χ0n) is 12.0. The minimum atomic E-state index is -1.10. The first-order valence-electron chi connectivity index (χ1n) is 6.61. The van der Waals surface area contributed by atoms with Gasteiger partial charge in [-0.25, -0.2) is 9.59 Å². The van der Waals surface area contributed by atoms with Gasteiger partial charge in [-0.2, -0.15) is 0 Å². The summed E-state index contributed by atoms with van der Waals surface area (Å²) in [4.78, 5) is 34.3. The number of esters is 1. The van der Waals surface area contributed by atoms with E-state index in [-0.39, 0.29) is 11.1 Å². The molecule has 2 aromatic rings. The van der Waals surface area contributed by atoms with Gasteiger partial charge in [-0.1, -0.05) is 12.1 Å². The topological polar surface area (TPSA) is 119 Å². The number of carboxylic acid groups (broad SMARTS) is 1. The second-order valence-electron chi connectivity index (χ2n) is 4.64. The summed E-state index contributed by atoms with van der Waals surface area (Å²) in [5.41, 5.74) is 6.55. The molecule has 2 aromatic carbocycles. The summed E-state index contributed by atoms with van der Waals surface area (Å²) >= 11 is 0. The van der Waals surface area contributed by atoms with Crippen molar-refractivity contribution >= 4 is 29.2 Å². The van der Waals surface area contributed by atoms with Crippen LogP contribution in [0.1, 0.15) is 20.7 Å². The van der Waals surface area contributed by atoms with Crippen LogP contribution in [0.3, 0.4) is 0 Å². The summed E-state index contributed by atoms with van der Waals surface area (Å²) in [5.74, 6) is -2.36. The fourth-order valence-electron chi connectivity index (χ4n) is 1.81. The van der Waals surface area contributed by atoms with Crippen LogP contribution in [0, 0.1) is 0 Å². The summed E-state index contributed by atoms with van der Waals surface area (Å²) in [6, 6.07) is 11.9. The molecular weight excluding hydrogens is 300 g/mol. The van der Waals surface area contributed by atoms with Crippen molar-refractivity contribution in [1.82, 2.24) is 0 Å². The van der Waals surface area contributed by atoms with Gasteiger partial charge in [0.2, 0.25) is 0 Å². The molecular formula is C16H14N2O5. The molecule has 7 heteroatoms. The van der Waals surface area contributed by atoms with Gasteiger partial charge in [-0.15, -0.1) is 0 Å². The molecule has 4 N–H and O–H groups in total. The molecule has 0 bridgehead atoms. The number of nitrogens with two attached hydrogens (primary N) is 1. The predicted octanol–water partition coefficient (Wildman–Crippen LogP) is 1.76. The molecule has 0 heterocycles. The van der Waals surface area contributed by atoms with E-state index in [0.29, 0.717) is 11.4 Å². The first-order chi connectivity index (χ1) is 11.0. The number of carbonyl (C=O) groups excluding carboxylic acids is 2. The van der Waals surface area contributed by atoms with Gasteiger partial charge in [0.25, 0.3) is 5.91 Å². The molecule has 0 spiro atoms. The monoisotopic (exact) mass is 314 g/mol. The normalized spacial score (nSPS) is 9.91. The lowest BCUT2D eigenvalue weighted by Crippen LogP contribution is -2.21. The van der Waals surface area contributed by atoms with Gasteiger partial charge in [-0.05, 0) is 36.4 Å². The van der Waals surface area contributed by atoms with Crippen molar-refractivity contribution in [2.45, 2.75) is 0 Å². The third-order valence-corrected chi connectivity index (χ3v) is 2.85. The van der Waals surface area contributed by atoms with Gasteiger partial charge >= 0.3 is 11.9 Å². The lowest BCUT2D eigenvalue weighted by molar-refractivity contribution is -0.119. The minimum Gasteiger partial charge on any atom is -0.478 e. The summed E-state index contributed by atoms with van der Waals surface area (Å²) in [6.45, 7) is -0.495. The van der Waals surface area contributed by atoms with Crippen molar-refractivity contribution in [3.05, 3.63) is 59.7 Å². The number of carboxylic acids is 1. The number of hydrogen-bond donors (Lipinski definition) is 3. The minimum absolute atomic E-state index is 0.0413. The molecule has 0 aliphatic carbocycles. The van der Waals surface area contributed by atoms with Crippen molar-refractivity contribution < 1.29 is 24.2 Å². The van der Waals surface area contributed by atoms with Crippen molar-refractivity contribution in [3.8, 4) is 0 Å². The maximum atomic E-state index is 11.8. The molecule has 1 amide bonds. The van der Waals surface area contributed by atoms with Crippen LogP contribution in [-0.4, -0.2) is 29.6 Å². The van der Waals surface area contributed by atoms with Crippen LogP contribution >= 0.6 is 0 Å². The van der Waals surface area contributed by atoms with Crippen molar-refractivity contribution in [3.63, 3.8) is 0 Å². The summed E-state index contributed by atoms with van der Waals surface area (Å²) in [7, 11) is 0. The van der Waals surface area contributed by atoms with Gasteiger partial charge in [-0.3, -0.25) is 4.79 Å². The van der Waals surface area contributed by atoms with Gasteiger partial charge in [0, 0.05) is 11.4 Å². The van der Waals surface area contributed by atoms with E-state index < -0.39 is 24.5 Å². The average Bonchev–Trinajstić information content (AvgIpc) is 2.53. The molecule has 0 saturated carbocycles. The Kier molecular flexibility index (Phi) is 4.93. The zero-order chi connectivity index (χ0) is 16.8. The number of benzene rings is 2. The molecule has 0 aliphatic rings. The summed E-state index contributed by atoms with van der Waals surface area (Å²) in [5, 5.41) is 11.3. The van der Waals surface area contributed by atoms with E-state index in [1.54, 1.807) is 12.1 Å². The van der Waals surface area contributed by atoms with Gasteiger partial charge in [0.15, 0.2) is 6.61 Å². The van der Waals surface area contributed by atoms with Gasteiger partial charge in [0.05, 0.1) is 11.1 Å². The molecule has 0 aromatic heterocycles. The number of rotatable bonds is 5. The Morgan fingerprint density at radius 2 is 1.74 bits per heavy atom. The van der Waals surface area contributed by atoms with E-state index in [2.05, 4.69) is 5.32 Å². The van der Waals surface area contributed by atoms with Crippen LogP contribution in [0.2, 0.25) is 0 Å². The van der Waals surface area contributed by atoms with Crippen LogP contribution in [0.4, 0.5) is 11.4 Å². The Morgan fingerprint density at radius 3 is 2.43 bits per heavy atom. The van der Waals surface area contributed by atoms with E-state index in [0.717, 1.165) is 0 Å². The third kappa shape index (κ3) is 4.57. The third-order valence-electron chi connectivity index (χ3n) is 2.85. The van der Waals surface area contributed by atoms with Gasteiger partial charge in [0.1, 0.15) is 0 Å². The number of carbonyl (C=O) groups is 3. The second-order valence-corrected chi connectivity index (χ2v) is 4.64. The molecule has 23 heavy (non-hydrogen) atoms. The molecule has 0 fully saturated rings. The van der Waals surface area contributed by atoms with E-state index >= 15 is 0 Å². The van der Waals surface area contributed by atoms with E-state index in [9.17, 15) is 14.4 Å². The number of nitrogens with one attached hydrogen (secondary N) is 1. The van der Waals surface area contributed by atoms with Crippen molar-refractivity contribution in [2.75, 3.05) is 17.7 Å². The Hall–Kier alpha value is -3.35.